The smallest absolute Gasteiger partial charge is 0.341 e. The molecule has 1 unspecified atom stereocenters. The van der Waals surface area contributed by atoms with Gasteiger partial charge in [0.1, 0.15) is 23.7 Å². The summed E-state index contributed by atoms with van der Waals surface area (Å²) in [6.45, 7) is 2.38. The first-order valence-corrected chi connectivity index (χ1v) is 14.4. The van der Waals surface area contributed by atoms with Crippen molar-refractivity contribution in [3.05, 3.63) is 54.3 Å². The Kier molecular flexibility index (Phi) is 6.70. The fraction of sp³-hybridized carbons (Fsp3) is 0.387. The van der Waals surface area contributed by atoms with E-state index in [9.17, 15) is 15.1 Å². The molecule has 0 spiro atoms. The van der Waals surface area contributed by atoms with Crippen LogP contribution in [-0.4, -0.2) is 87.5 Å². The van der Waals surface area contributed by atoms with Gasteiger partial charge in [0.15, 0.2) is 5.82 Å². The molecular weight excluding hydrogens is 539 g/mol. The zero-order chi connectivity index (χ0) is 29.0. The zero-order valence-electron chi connectivity index (χ0n) is 23.3. The van der Waals surface area contributed by atoms with Crippen molar-refractivity contribution in [3.8, 4) is 22.9 Å². The second-order valence-corrected chi connectivity index (χ2v) is 11.6. The van der Waals surface area contributed by atoms with Crippen molar-refractivity contribution in [3.63, 3.8) is 0 Å². The number of halogens is 1. The summed E-state index contributed by atoms with van der Waals surface area (Å²) in [5.74, 6) is 0.0921. The number of hydroxylamine groups is 1. The molecule has 3 fully saturated rings. The van der Waals surface area contributed by atoms with Gasteiger partial charge in [-0.2, -0.15) is 9.97 Å². The van der Waals surface area contributed by atoms with Gasteiger partial charge in [-0.3, -0.25) is 5.21 Å². The molecule has 3 aromatic carbocycles. The Labute approximate surface area is 242 Å². The van der Waals surface area contributed by atoms with Crippen molar-refractivity contribution in [2.24, 2.45) is 0 Å². The molecule has 1 aromatic heterocycles. The lowest BCUT2D eigenvalue weighted by Gasteiger charge is -2.41. The number of hydrogen-bond acceptors (Lipinski definition) is 8. The number of ether oxygens (including phenoxy) is 1. The standard InChI is InChI=1S/C31H33FN6O4/c1-36-12-4-6-21(36)17-42-30-33-28-25(29(34-30)37-15-19-8-9-20(16-37)38(19)31(40)35-41)11-10-24(27(28)32)26-14-22(39)13-18-5-2-3-7-23(18)26/h2-3,5,7,10-11,13-14,19-21,39,41H,4,6,8-9,12,15-17H2,1H3,(H,35,40)/t19-,20+,21?. The summed E-state index contributed by atoms with van der Waals surface area (Å²) < 4.78 is 22.7. The lowest BCUT2D eigenvalue weighted by atomic mass is 9.96. The molecule has 3 N–H and O–H groups in total. The van der Waals surface area contributed by atoms with E-state index >= 15 is 4.39 Å². The van der Waals surface area contributed by atoms with E-state index in [1.54, 1.807) is 28.6 Å². The van der Waals surface area contributed by atoms with Crippen LogP contribution in [0.3, 0.4) is 0 Å². The first kappa shape index (κ1) is 26.7. The minimum atomic E-state index is -0.518. The number of rotatable bonds is 5. The van der Waals surface area contributed by atoms with E-state index < -0.39 is 11.8 Å². The highest BCUT2D eigenvalue weighted by Gasteiger charge is 2.43. The predicted octanol–water partition coefficient (Wildman–Crippen LogP) is 4.52. The Morgan fingerprint density at radius 1 is 1.05 bits per heavy atom. The van der Waals surface area contributed by atoms with Gasteiger partial charge >= 0.3 is 12.0 Å². The molecule has 4 heterocycles. The van der Waals surface area contributed by atoms with Crippen molar-refractivity contribution in [1.82, 2.24) is 25.2 Å². The molecule has 3 atom stereocenters. The van der Waals surface area contributed by atoms with Crippen LogP contribution in [0.4, 0.5) is 15.0 Å². The SMILES string of the molecule is CN1CCCC1COc1nc(N2C[C@H]3CC[C@@H](C2)N3C(=O)NO)c2ccc(-c3cc(O)cc4ccccc34)c(F)c2n1. The summed E-state index contributed by atoms with van der Waals surface area (Å²) in [6, 6.07) is 13.9. The number of carbonyl (C=O) groups is 1. The molecule has 0 radical (unpaired) electrons. The van der Waals surface area contributed by atoms with Gasteiger partial charge in [-0.1, -0.05) is 30.3 Å². The number of fused-ring (bicyclic) bond motifs is 4. The van der Waals surface area contributed by atoms with Gasteiger partial charge in [0.05, 0.1) is 12.1 Å². The summed E-state index contributed by atoms with van der Waals surface area (Å²) in [4.78, 5) is 27.7. The van der Waals surface area contributed by atoms with Crippen LogP contribution in [0, 0.1) is 5.82 Å². The molecule has 42 heavy (non-hydrogen) atoms. The number of hydrogen-bond donors (Lipinski definition) is 3. The quantitative estimate of drug-likeness (QED) is 0.236. The van der Waals surface area contributed by atoms with E-state index in [0.717, 1.165) is 43.0 Å². The Bertz CT molecular complexity index is 1670. The molecule has 7 rings (SSSR count). The fourth-order valence-electron chi connectivity index (χ4n) is 6.98. The number of urea groups is 1. The highest BCUT2D eigenvalue weighted by Crippen LogP contribution is 2.40. The predicted molar refractivity (Wildman–Crippen MR) is 156 cm³/mol. The number of nitrogens with zero attached hydrogens (tertiary/aromatic N) is 5. The average molecular weight is 573 g/mol. The molecule has 3 aliphatic heterocycles. The number of piperazine rings is 1. The largest absolute Gasteiger partial charge is 0.508 e. The van der Waals surface area contributed by atoms with Gasteiger partial charge in [-0.05, 0) is 73.8 Å². The average Bonchev–Trinajstić information content (AvgIpc) is 3.53. The number of nitrogens with one attached hydrogen (secondary N) is 1. The van der Waals surface area contributed by atoms with E-state index in [4.69, 9.17) is 9.72 Å². The lowest BCUT2D eigenvalue weighted by molar-refractivity contribution is 0.107. The maximum absolute atomic E-state index is 16.6. The summed E-state index contributed by atoms with van der Waals surface area (Å²) >= 11 is 0. The third kappa shape index (κ3) is 4.53. The van der Waals surface area contributed by atoms with Crippen molar-refractivity contribution in [1.29, 1.82) is 0 Å². The zero-order valence-corrected chi connectivity index (χ0v) is 23.3. The van der Waals surface area contributed by atoms with Gasteiger partial charge in [-0.15, -0.1) is 0 Å². The van der Waals surface area contributed by atoms with Crippen molar-refractivity contribution in [2.45, 2.75) is 43.8 Å². The molecule has 2 amide bonds. The second kappa shape index (κ2) is 10.6. The van der Waals surface area contributed by atoms with Crippen LogP contribution in [-0.2, 0) is 0 Å². The van der Waals surface area contributed by atoms with E-state index in [1.165, 1.54) is 0 Å². The topological polar surface area (TPSA) is 114 Å². The number of benzene rings is 3. The van der Waals surface area contributed by atoms with Crippen LogP contribution in [0.15, 0.2) is 48.5 Å². The molecule has 218 valence electrons. The van der Waals surface area contributed by atoms with Crippen LogP contribution in [0.1, 0.15) is 25.7 Å². The van der Waals surface area contributed by atoms with E-state index in [-0.39, 0.29) is 35.4 Å². The Morgan fingerprint density at radius 2 is 1.83 bits per heavy atom. The number of carbonyl (C=O) groups excluding carboxylic acids is 1. The molecule has 0 aliphatic carbocycles. The Morgan fingerprint density at radius 3 is 2.57 bits per heavy atom. The van der Waals surface area contributed by atoms with E-state index in [1.807, 2.05) is 30.3 Å². The van der Waals surface area contributed by atoms with E-state index in [0.29, 0.717) is 42.0 Å². The first-order valence-electron chi connectivity index (χ1n) is 14.4. The highest BCUT2D eigenvalue weighted by molar-refractivity contribution is 6.01. The van der Waals surface area contributed by atoms with Crippen LogP contribution >= 0.6 is 0 Å². The van der Waals surface area contributed by atoms with Crippen LogP contribution < -0.4 is 15.1 Å². The van der Waals surface area contributed by atoms with Gasteiger partial charge in [-0.25, -0.2) is 14.7 Å². The molecule has 3 aliphatic rings. The lowest BCUT2D eigenvalue weighted by Crippen LogP contribution is -2.58. The van der Waals surface area contributed by atoms with Gasteiger partial charge < -0.3 is 24.5 Å². The summed E-state index contributed by atoms with van der Waals surface area (Å²) in [5.41, 5.74) is 2.81. The number of aromatic hydroxyl groups is 1. The number of anilines is 1. The number of phenols is 1. The van der Waals surface area contributed by atoms with Crippen molar-refractivity contribution >= 4 is 33.5 Å². The molecular formula is C31H33FN6O4. The van der Waals surface area contributed by atoms with Crippen LogP contribution in [0.2, 0.25) is 0 Å². The maximum atomic E-state index is 16.6. The molecule has 0 saturated carbocycles. The minimum Gasteiger partial charge on any atom is -0.508 e. The highest BCUT2D eigenvalue weighted by atomic mass is 19.1. The Balaban J connectivity index is 1.33. The normalized spacial score (nSPS) is 22.3. The number of likely N-dealkylation sites (tertiary alicyclic amines) is 1. The van der Waals surface area contributed by atoms with Gasteiger partial charge in [0, 0.05) is 30.1 Å². The molecule has 3 saturated heterocycles. The number of amides is 2. The summed E-state index contributed by atoms with van der Waals surface area (Å²) in [6.07, 6.45) is 3.72. The maximum Gasteiger partial charge on any atom is 0.341 e. The monoisotopic (exact) mass is 572 g/mol. The summed E-state index contributed by atoms with van der Waals surface area (Å²) in [7, 11) is 2.07. The Hall–Kier alpha value is -4.22. The minimum absolute atomic E-state index is 0.0524. The third-order valence-corrected chi connectivity index (χ3v) is 9.09. The van der Waals surface area contributed by atoms with Gasteiger partial charge in [0.2, 0.25) is 0 Å². The van der Waals surface area contributed by atoms with Crippen LogP contribution in [0.25, 0.3) is 32.8 Å². The number of aromatic nitrogens is 2. The van der Waals surface area contributed by atoms with Gasteiger partial charge in [0.25, 0.3) is 0 Å². The fourth-order valence-corrected chi connectivity index (χ4v) is 6.98. The number of phenolic OH excluding ortho intramolecular Hbond substituents is 1. The summed E-state index contributed by atoms with van der Waals surface area (Å²) in [5, 5.41) is 21.9. The van der Waals surface area contributed by atoms with Crippen molar-refractivity contribution < 1.29 is 24.2 Å². The molecule has 4 aromatic rings. The molecule has 11 heteroatoms. The van der Waals surface area contributed by atoms with Crippen LogP contribution in [0.5, 0.6) is 11.8 Å². The third-order valence-electron chi connectivity index (χ3n) is 9.09. The van der Waals surface area contributed by atoms with E-state index in [2.05, 4.69) is 21.8 Å². The number of likely N-dealkylation sites (N-methyl/N-ethyl adjacent to an activating group) is 1. The first-order chi connectivity index (χ1) is 20.4. The second-order valence-electron chi connectivity index (χ2n) is 11.6. The molecule has 2 bridgehead atoms. The molecule has 10 nitrogen and oxygen atoms in total. The van der Waals surface area contributed by atoms with Crippen molar-refractivity contribution in [2.75, 3.05) is 38.2 Å².